The molecule has 6 heteroatoms. The number of unbranched alkanes of at least 4 members (excludes halogenated alkanes) is 2. The summed E-state index contributed by atoms with van der Waals surface area (Å²) in [4.78, 5) is 15.8. The molecular weight excluding hydrogens is 379 g/mol. The number of nitrogens with zero attached hydrogens (tertiary/aromatic N) is 2. The number of imidazole rings is 1. The van der Waals surface area contributed by atoms with E-state index in [1.807, 2.05) is 18.2 Å². The maximum atomic E-state index is 13.1. The average molecular weight is 409 g/mol. The third-order valence-corrected chi connectivity index (χ3v) is 4.78. The molecule has 0 aliphatic rings. The SMILES string of the molecule is C#C.CCCCCn1c(CNCC(N)=O)nc2ccc(Cc3ccc(F)cc3)cc21. The first-order chi connectivity index (χ1) is 14.6. The number of hydrogen-bond acceptors (Lipinski definition) is 3. The van der Waals surface area contributed by atoms with Crippen LogP contribution in [0.25, 0.3) is 11.0 Å². The number of amides is 1. The lowest BCUT2D eigenvalue weighted by Crippen LogP contribution is -2.29. The van der Waals surface area contributed by atoms with Gasteiger partial charge in [0.05, 0.1) is 24.1 Å². The number of benzene rings is 2. The summed E-state index contributed by atoms with van der Waals surface area (Å²) in [6, 6.07) is 12.9. The fourth-order valence-corrected chi connectivity index (χ4v) is 3.37. The Labute approximate surface area is 177 Å². The number of terminal acetylenes is 1. The highest BCUT2D eigenvalue weighted by Crippen LogP contribution is 2.21. The van der Waals surface area contributed by atoms with Crippen molar-refractivity contribution in [3.05, 3.63) is 65.2 Å². The van der Waals surface area contributed by atoms with Gasteiger partial charge in [-0.05, 0) is 48.2 Å². The molecule has 3 rings (SSSR count). The van der Waals surface area contributed by atoms with Crippen LogP contribution in [0, 0.1) is 18.7 Å². The molecule has 0 fully saturated rings. The fourth-order valence-electron chi connectivity index (χ4n) is 3.37. The summed E-state index contributed by atoms with van der Waals surface area (Å²) in [6.07, 6.45) is 12.1. The second-order valence-corrected chi connectivity index (χ2v) is 7.08. The molecule has 0 atom stereocenters. The summed E-state index contributed by atoms with van der Waals surface area (Å²) in [7, 11) is 0. The Hall–Kier alpha value is -3.17. The average Bonchev–Trinajstić information content (AvgIpc) is 3.08. The second-order valence-electron chi connectivity index (χ2n) is 7.08. The van der Waals surface area contributed by atoms with Crippen LogP contribution in [0.3, 0.4) is 0 Å². The van der Waals surface area contributed by atoms with Crippen molar-refractivity contribution in [2.45, 2.75) is 45.7 Å². The fraction of sp³-hybridized carbons (Fsp3) is 0.333. The van der Waals surface area contributed by atoms with Crippen molar-refractivity contribution in [1.82, 2.24) is 14.9 Å². The number of halogens is 1. The first kappa shape index (κ1) is 23.1. The minimum absolute atomic E-state index is 0.133. The Kier molecular flexibility index (Phi) is 9.04. The lowest BCUT2D eigenvalue weighted by molar-refractivity contribution is -0.117. The summed E-state index contributed by atoms with van der Waals surface area (Å²) in [6.45, 7) is 3.70. The Morgan fingerprint density at radius 3 is 2.50 bits per heavy atom. The van der Waals surface area contributed by atoms with E-state index in [1.54, 1.807) is 0 Å². The monoisotopic (exact) mass is 408 g/mol. The zero-order chi connectivity index (χ0) is 21.9. The summed E-state index contributed by atoms with van der Waals surface area (Å²) in [5.74, 6) is 0.308. The molecule has 0 unspecified atom stereocenters. The van der Waals surface area contributed by atoms with Crippen molar-refractivity contribution in [2.24, 2.45) is 5.73 Å². The van der Waals surface area contributed by atoms with E-state index in [9.17, 15) is 9.18 Å². The molecule has 0 bridgehead atoms. The number of nitrogens with one attached hydrogen (secondary N) is 1. The van der Waals surface area contributed by atoms with E-state index in [0.717, 1.165) is 60.2 Å². The highest BCUT2D eigenvalue weighted by molar-refractivity contribution is 5.77. The molecule has 1 amide bonds. The number of primary amides is 1. The molecule has 0 spiro atoms. The standard InChI is InChI=1S/C22H27FN4O.C2H2/c1-2-3-4-11-27-20-13-17(12-16-5-8-18(23)9-6-16)7-10-19(20)26-22(27)15-25-14-21(24)28;1-2/h5-10,13,25H,2-4,11-12,14-15H2,1H3,(H2,24,28);1-2H. The van der Waals surface area contributed by atoms with E-state index in [1.165, 1.54) is 12.1 Å². The molecule has 0 radical (unpaired) electrons. The Balaban J connectivity index is 0.00000155. The molecule has 0 aliphatic heterocycles. The normalized spacial score (nSPS) is 10.5. The number of carbonyl (C=O) groups excluding carboxylic acids is 1. The Morgan fingerprint density at radius 1 is 1.13 bits per heavy atom. The van der Waals surface area contributed by atoms with Gasteiger partial charge in [0.2, 0.25) is 5.91 Å². The van der Waals surface area contributed by atoms with Gasteiger partial charge in [-0.1, -0.05) is 38.0 Å². The van der Waals surface area contributed by atoms with Crippen molar-refractivity contribution in [3.8, 4) is 12.8 Å². The van der Waals surface area contributed by atoms with Gasteiger partial charge in [0.15, 0.2) is 0 Å². The van der Waals surface area contributed by atoms with Crippen LogP contribution in [0.1, 0.15) is 43.1 Å². The van der Waals surface area contributed by atoms with Gasteiger partial charge in [-0.25, -0.2) is 9.37 Å². The predicted molar refractivity (Wildman–Crippen MR) is 119 cm³/mol. The summed E-state index contributed by atoms with van der Waals surface area (Å²) < 4.78 is 15.4. The molecular formula is C24H29FN4O. The number of fused-ring (bicyclic) bond motifs is 1. The van der Waals surface area contributed by atoms with Gasteiger partial charge < -0.3 is 15.6 Å². The molecule has 0 saturated carbocycles. The zero-order valence-corrected chi connectivity index (χ0v) is 17.4. The van der Waals surface area contributed by atoms with Crippen molar-refractivity contribution in [2.75, 3.05) is 6.54 Å². The Bertz CT molecular complexity index is 976. The molecule has 30 heavy (non-hydrogen) atoms. The lowest BCUT2D eigenvalue weighted by atomic mass is 10.0. The minimum atomic E-state index is -0.379. The molecule has 5 nitrogen and oxygen atoms in total. The molecule has 3 aromatic rings. The number of aryl methyl sites for hydroxylation is 1. The topological polar surface area (TPSA) is 72.9 Å². The van der Waals surface area contributed by atoms with E-state index in [-0.39, 0.29) is 18.3 Å². The van der Waals surface area contributed by atoms with E-state index < -0.39 is 0 Å². The zero-order valence-electron chi connectivity index (χ0n) is 17.4. The molecule has 1 aromatic heterocycles. The van der Waals surface area contributed by atoms with Gasteiger partial charge in [-0.3, -0.25) is 4.79 Å². The number of hydrogen-bond donors (Lipinski definition) is 2. The maximum Gasteiger partial charge on any atom is 0.231 e. The third-order valence-electron chi connectivity index (χ3n) is 4.78. The predicted octanol–water partition coefficient (Wildman–Crippen LogP) is 3.78. The van der Waals surface area contributed by atoms with Gasteiger partial charge >= 0.3 is 0 Å². The van der Waals surface area contributed by atoms with Crippen LogP contribution < -0.4 is 11.1 Å². The van der Waals surface area contributed by atoms with Gasteiger partial charge in [0, 0.05) is 6.54 Å². The lowest BCUT2D eigenvalue weighted by Gasteiger charge is -2.10. The van der Waals surface area contributed by atoms with Crippen LogP contribution in [0.15, 0.2) is 42.5 Å². The highest BCUT2D eigenvalue weighted by Gasteiger charge is 2.12. The van der Waals surface area contributed by atoms with Gasteiger partial charge in [0.1, 0.15) is 11.6 Å². The van der Waals surface area contributed by atoms with E-state index in [4.69, 9.17) is 10.7 Å². The smallest absolute Gasteiger partial charge is 0.231 e. The van der Waals surface area contributed by atoms with Crippen LogP contribution in [-0.4, -0.2) is 22.0 Å². The number of rotatable bonds is 10. The molecule has 0 saturated heterocycles. The molecule has 1 heterocycles. The van der Waals surface area contributed by atoms with E-state index in [0.29, 0.717) is 6.54 Å². The largest absolute Gasteiger partial charge is 0.369 e. The third kappa shape index (κ3) is 6.43. The van der Waals surface area contributed by atoms with Crippen LogP contribution in [-0.2, 0) is 24.3 Å². The van der Waals surface area contributed by atoms with Crippen LogP contribution >= 0.6 is 0 Å². The van der Waals surface area contributed by atoms with Crippen LogP contribution in [0.4, 0.5) is 4.39 Å². The van der Waals surface area contributed by atoms with E-state index >= 15 is 0 Å². The highest BCUT2D eigenvalue weighted by atomic mass is 19.1. The summed E-state index contributed by atoms with van der Waals surface area (Å²) in [5, 5.41) is 3.06. The summed E-state index contributed by atoms with van der Waals surface area (Å²) >= 11 is 0. The van der Waals surface area contributed by atoms with Gasteiger partial charge in [-0.15, -0.1) is 12.8 Å². The Morgan fingerprint density at radius 2 is 1.83 bits per heavy atom. The van der Waals surface area contributed by atoms with E-state index in [2.05, 4.69) is 41.8 Å². The second kappa shape index (κ2) is 11.7. The van der Waals surface area contributed by atoms with Crippen molar-refractivity contribution in [1.29, 1.82) is 0 Å². The first-order valence-electron chi connectivity index (χ1n) is 10.1. The molecule has 0 aliphatic carbocycles. The maximum absolute atomic E-state index is 13.1. The van der Waals surface area contributed by atoms with Crippen molar-refractivity contribution < 1.29 is 9.18 Å². The molecule has 158 valence electrons. The van der Waals surface area contributed by atoms with Gasteiger partial charge in [0.25, 0.3) is 0 Å². The minimum Gasteiger partial charge on any atom is -0.369 e. The summed E-state index contributed by atoms with van der Waals surface area (Å²) in [5.41, 5.74) is 9.48. The van der Waals surface area contributed by atoms with Gasteiger partial charge in [-0.2, -0.15) is 0 Å². The number of carbonyl (C=O) groups is 1. The number of aromatic nitrogens is 2. The quantitative estimate of drug-likeness (QED) is 0.396. The molecule has 3 N–H and O–H groups in total. The van der Waals surface area contributed by atoms with Crippen LogP contribution in [0.2, 0.25) is 0 Å². The molecule has 2 aromatic carbocycles. The first-order valence-corrected chi connectivity index (χ1v) is 10.1. The number of nitrogens with two attached hydrogens (primary N) is 1. The van der Waals surface area contributed by atoms with Crippen molar-refractivity contribution >= 4 is 16.9 Å². The van der Waals surface area contributed by atoms with Crippen molar-refractivity contribution in [3.63, 3.8) is 0 Å². The van der Waals surface area contributed by atoms with Crippen LogP contribution in [0.5, 0.6) is 0 Å².